The van der Waals surface area contributed by atoms with Crippen LogP contribution in [0.1, 0.15) is 19.5 Å². The first-order valence-electron chi connectivity index (χ1n) is 6.47. The van der Waals surface area contributed by atoms with Gasteiger partial charge < -0.3 is 10.2 Å². The molecular weight excluding hydrogens is 278 g/mol. The van der Waals surface area contributed by atoms with Gasteiger partial charge in [0.25, 0.3) is 0 Å². The number of hydrogen-bond donors (Lipinski definition) is 1. The van der Waals surface area contributed by atoms with E-state index in [4.69, 9.17) is 11.6 Å². The fourth-order valence-corrected chi connectivity index (χ4v) is 2.04. The molecule has 0 aromatic carbocycles. The Morgan fingerprint density at radius 2 is 1.95 bits per heavy atom. The molecule has 0 fully saturated rings. The van der Waals surface area contributed by atoms with Gasteiger partial charge in [0.1, 0.15) is 0 Å². The molecule has 7 nitrogen and oxygen atoms in total. The quantitative estimate of drug-likeness (QED) is 0.911. The third-order valence-corrected chi connectivity index (χ3v) is 3.07. The Hall–Kier alpha value is -1.89. The van der Waals surface area contributed by atoms with Gasteiger partial charge in [0, 0.05) is 26.3 Å². The summed E-state index contributed by atoms with van der Waals surface area (Å²) in [5.74, 6) is 0.988. The summed E-state index contributed by atoms with van der Waals surface area (Å²) in [5.41, 5.74) is 1.72. The van der Waals surface area contributed by atoms with Gasteiger partial charge in [0.15, 0.2) is 0 Å². The molecule has 0 aliphatic heterocycles. The predicted octanol–water partition coefficient (Wildman–Crippen LogP) is 2.16. The van der Waals surface area contributed by atoms with Crippen LogP contribution < -0.4 is 10.2 Å². The van der Waals surface area contributed by atoms with Crippen LogP contribution in [-0.2, 0) is 7.05 Å². The average Bonchev–Trinajstić information content (AvgIpc) is 2.68. The molecule has 2 heterocycles. The maximum absolute atomic E-state index is 5.97. The van der Waals surface area contributed by atoms with Crippen LogP contribution in [0.25, 0.3) is 0 Å². The predicted molar refractivity (Wildman–Crippen MR) is 79.6 cm³/mol. The van der Waals surface area contributed by atoms with Gasteiger partial charge in [0.2, 0.25) is 17.2 Å². The largest absolute Gasteiger partial charge is 0.341 e. The van der Waals surface area contributed by atoms with E-state index in [-0.39, 0.29) is 5.28 Å². The first-order valence-corrected chi connectivity index (χ1v) is 6.85. The van der Waals surface area contributed by atoms with E-state index >= 15 is 0 Å². The van der Waals surface area contributed by atoms with Gasteiger partial charge in [-0.2, -0.15) is 20.1 Å². The minimum absolute atomic E-state index is 0.172. The normalized spacial score (nSPS) is 10.7. The molecule has 2 aromatic heterocycles. The number of aromatic nitrogens is 5. The number of aryl methyl sites for hydroxylation is 2. The highest BCUT2D eigenvalue weighted by atomic mass is 35.5. The minimum Gasteiger partial charge on any atom is -0.341 e. The Balaban J connectivity index is 2.30. The maximum Gasteiger partial charge on any atom is 0.233 e. The number of hydrogen-bond acceptors (Lipinski definition) is 6. The molecule has 0 radical (unpaired) electrons. The van der Waals surface area contributed by atoms with E-state index in [1.54, 1.807) is 4.68 Å². The monoisotopic (exact) mass is 295 g/mol. The molecule has 108 valence electrons. The number of nitrogens with one attached hydrogen (secondary N) is 1. The molecule has 8 heteroatoms. The van der Waals surface area contributed by atoms with Crippen LogP contribution in [0, 0.1) is 6.92 Å². The lowest BCUT2D eigenvalue weighted by molar-refractivity contribution is 0.756. The van der Waals surface area contributed by atoms with E-state index < -0.39 is 0 Å². The van der Waals surface area contributed by atoms with Crippen LogP contribution in [0.5, 0.6) is 0 Å². The summed E-state index contributed by atoms with van der Waals surface area (Å²) < 4.78 is 1.73. The summed E-state index contributed by atoms with van der Waals surface area (Å²) in [6.45, 7) is 7.61. The van der Waals surface area contributed by atoms with E-state index in [9.17, 15) is 0 Å². The molecule has 20 heavy (non-hydrogen) atoms. The van der Waals surface area contributed by atoms with E-state index in [1.807, 2.05) is 38.9 Å². The van der Waals surface area contributed by atoms with E-state index in [0.29, 0.717) is 11.9 Å². The van der Waals surface area contributed by atoms with E-state index in [0.717, 1.165) is 24.5 Å². The van der Waals surface area contributed by atoms with Gasteiger partial charge in [-0.15, -0.1) is 0 Å². The molecule has 0 aliphatic rings. The summed E-state index contributed by atoms with van der Waals surface area (Å²) in [7, 11) is 1.86. The van der Waals surface area contributed by atoms with Crippen molar-refractivity contribution in [2.45, 2.75) is 20.8 Å². The van der Waals surface area contributed by atoms with Crippen molar-refractivity contribution in [2.24, 2.45) is 7.05 Å². The van der Waals surface area contributed by atoms with Crippen molar-refractivity contribution in [2.75, 3.05) is 23.3 Å². The zero-order chi connectivity index (χ0) is 14.7. The van der Waals surface area contributed by atoms with Crippen LogP contribution >= 0.6 is 11.6 Å². The molecule has 0 bridgehead atoms. The van der Waals surface area contributed by atoms with Crippen molar-refractivity contribution in [3.63, 3.8) is 0 Å². The van der Waals surface area contributed by atoms with Crippen molar-refractivity contribution < 1.29 is 0 Å². The highest BCUT2D eigenvalue weighted by molar-refractivity contribution is 6.28. The van der Waals surface area contributed by atoms with E-state index in [2.05, 4.69) is 25.4 Å². The lowest BCUT2D eigenvalue weighted by Crippen LogP contribution is -2.24. The standard InChI is InChI=1S/C12H18ClN7/c1-5-20(6-2)12-16-10(13)15-11(17-12)14-9-7-19(4)18-8(9)3/h7H,5-6H2,1-4H3,(H,14,15,16,17). The minimum atomic E-state index is 0.172. The lowest BCUT2D eigenvalue weighted by Gasteiger charge is -2.18. The highest BCUT2D eigenvalue weighted by Gasteiger charge is 2.11. The maximum atomic E-state index is 5.97. The van der Waals surface area contributed by atoms with Crippen molar-refractivity contribution in [3.05, 3.63) is 17.2 Å². The first kappa shape index (κ1) is 14.5. The fourth-order valence-electron chi connectivity index (χ4n) is 1.89. The second kappa shape index (κ2) is 6.04. The number of halogens is 1. The average molecular weight is 296 g/mol. The van der Waals surface area contributed by atoms with Crippen molar-refractivity contribution >= 4 is 29.2 Å². The molecular formula is C12H18ClN7. The summed E-state index contributed by atoms with van der Waals surface area (Å²) >= 11 is 5.97. The summed E-state index contributed by atoms with van der Waals surface area (Å²) in [6, 6.07) is 0. The van der Waals surface area contributed by atoms with Gasteiger partial charge in [0.05, 0.1) is 11.4 Å². The summed E-state index contributed by atoms with van der Waals surface area (Å²) in [6.07, 6.45) is 1.87. The van der Waals surface area contributed by atoms with Gasteiger partial charge in [-0.3, -0.25) is 4.68 Å². The molecule has 1 N–H and O–H groups in total. The molecule has 0 atom stereocenters. The lowest BCUT2D eigenvalue weighted by atomic mass is 10.4. The SMILES string of the molecule is CCN(CC)c1nc(Cl)nc(Nc2cn(C)nc2C)n1. The van der Waals surface area contributed by atoms with E-state index in [1.165, 1.54) is 0 Å². The van der Waals surface area contributed by atoms with Gasteiger partial charge >= 0.3 is 0 Å². The molecule has 2 rings (SSSR count). The van der Waals surface area contributed by atoms with Crippen LogP contribution in [0.2, 0.25) is 5.28 Å². The van der Waals surface area contributed by atoms with Crippen LogP contribution in [-0.4, -0.2) is 37.8 Å². The first-order chi connectivity index (χ1) is 9.53. The second-order valence-electron chi connectivity index (χ2n) is 4.33. The second-order valence-corrected chi connectivity index (χ2v) is 4.67. The van der Waals surface area contributed by atoms with Crippen LogP contribution in [0.3, 0.4) is 0 Å². The Labute approximate surface area is 123 Å². The Kier molecular flexibility index (Phi) is 4.39. The Bertz CT molecular complexity index is 591. The Morgan fingerprint density at radius 3 is 2.50 bits per heavy atom. The van der Waals surface area contributed by atoms with Crippen LogP contribution in [0.4, 0.5) is 17.6 Å². The molecule has 0 saturated carbocycles. The third kappa shape index (κ3) is 3.16. The zero-order valence-corrected chi connectivity index (χ0v) is 12.8. The third-order valence-electron chi connectivity index (χ3n) is 2.90. The molecule has 2 aromatic rings. The highest BCUT2D eigenvalue weighted by Crippen LogP contribution is 2.19. The zero-order valence-electron chi connectivity index (χ0n) is 12.1. The van der Waals surface area contributed by atoms with Crippen molar-refractivity contribution in [1.82, 2.24) is 24.7 Å². The van der Waals surface area contributed by atoms with Gasteiger partial charge in [-0.05, 0) is 32.4 Å². The van der Waals surface area contributed by atoms with Crippen molar-refractivity contribution in [3.8, 4) is 0 Å². The smallest absolute Gasteiger partial charge is 0.233 e. The Morgan fingerprint density at radius 1 is 1.25 bits per heavy atom. The summed E-state index contributed by atoms with van der Waals surface area (Å²) in [5, 5.41) is 7.55. The molecule has 0 saturated heterocycles. The number of rotatable bonds is 5. The number of nitrogens with zero attached hydrogens (tertiary/aromatic N) is 6. The van der Waals surface area contributed by atoms with Crippen molar-refractivity contribution in [1.29, 1.82) is 0 Å². The molecule has 0 amide bonds. The van der Waals surface area contributed by atoms with Crippen LogP contribution in [0.15, 0.2) is 6.20 Å². The summed E-state index contributed by atoms with van der Waals surface area (Å²) in [4.78, 5) is 14.7. The van der Waals surface area contributed by atoms with Gasteiger partial charge in [-0.25, -0.2) is 0 Å². The fraction of sp³-hybridized carbons (Fsp3) is 0.500. The molecule has 0 spiro atoms. The van der Waals surface area contributed by atoms with Gasteiger partial charge in [-0.1, -0.05) is 0 Å². The number of anilines is 3. The molecule has 0 unspecified atom stereocenters. The topological polar surface area (TPSA) is 71.8 Å². The molecule has 0 aliphatic carbocycles.